The fourth-order valence-corrected chi connectivity index (χ4v) is 2.00. The minimum absolute atomic E-state index is 0.0323. The molecule has 0 saturated carbocycles. The summed E-state index contributed by atoms with van der Waals surface area (Å²) >= 11 is 12.0. The number of aliphatic hydroxyl groups is 1. The van der Waals surface area contributed by atoms with Crippen LogP contribution in [0.3, 0.4) is 0 Å². The number of rotatable bonds is 7. The first-order valence-corrected chi connectivity index (χ1v) is 7.61. The molecule has 0 bridgehead atoms. The first-order valence-electron chi connectivity index (χ1n) is 5.57. The van der Waals surface area contributed by atoms with Crippen molar-refractivity contribution in [1.29, 1.82) is 0 Å². The SMILES string of the molecule is CC(Cl)CC(C(C)Cl)C(C)OCCO.O=[P+](O)O. The molecular weight excluding hydrogens is 302 g/mol. The van der Waals surface area contributed by atoms with Crippen LogP contribution in [0.1, 0.15) is 27.2 Å². The van der Waals surface area contributed by atoms with E-state index in [0.29, 0.717) is 6.61 Å². The Morgan fingerprint density at radius 1 is 1.22 bits per heavy atom. The van der Waals surface area contributed by atoms with E-state index in [4.69, 9.17) is 47.4 Å². The molecule has 0 radical (unpaired) electrons. The van der Waals surface area contributed by atoms with Gasteiger partial charge in [-0.15, -0.1) is 33.0 Å². The molecule has 0 aromatic rings. The summed E-state index contributed by atoms with van der Waals surface area (Å²) in [4.78, 5) is 14.2. The molecule has 0 aliphatic rings. The summed E-state index contributed by atoms with van der Waals surface area (Å²) in [7, 11) is -2.87. The Morgan fingerprint density at radius 3 is 1.94 bits per heavy atom. The van der Waals surface area contributed by atoms with Crippen molar-refractivity contribution in [1.82, 2.24) is 0 Å². The summed E-state index contributed by atoms with van der Waals surface area (Å²) in [5, 5.41) is 8.76. The van der Waals surface area contributed by atoms with Crippen molar-refractivity contribution >= 4 is 31.5 Å². The maximum atomic E-state index is 8.70. The summed E-state index contributed by atoms with van der Waals surface area (Å²) < 4.78 is 14.1. The average Bonchev–Trinajstić information content (AvgIpc) is 2.21. The van der Waals surface area contributed by atoms with Gasteiger partial charge in [0.1, 0.15) is 0 Å². The van der Waals surface area contributed by atoms with Crippen LogP contribution < -0.4 is 0 Å². The molecule has 110 valence electrons. The molecule has 0 aromatic carbocycles. The van der Waals surface area contributed by atoms with Gasteiger partial charge in [0, 0.05) is 21.2 Å². The fourth-order valence-electron chi connectivity index (χ4n) is 1.49. The third kappa shape index (κ3) is 14.6. The van der Waals surface area contributed by atoms with E-state index in [9.17, 15) is 0 Å². The molecule has 8 heteroatoms. The number of halogens is 2. The van der Waals surface area contributed by atoms with Crippen molar-refractivity contribution in [3.63, 3.8) is 0 Å². The van der Waals surface area contributed by atoms with Crippen LogP contribution in [0, 0.1) is 5.92 Å². The first kappa shape index (κ1) is 20.8. The molecule has 0 spiro atoms. The molecule has 0 aromatic heterocycles. The molecule has 0 amide bonds. The second-order valence-electron chi connectivity index (χ2n) is 3.91. The highest BCUT2D eigenvalue weighted by Gasteiger charge is 2.24. The minimum atomic E-state index is -2.87. The normalized spacial score (nSPS) is 17.1. The minimum Gasteiger partial charge on any atom is -0.394 e. The highest BCUT2D eigenvalue weighted by molar-refractivity contribution is 7.30. The predicted octanol–water partition coefficient (Wildman–Crippen LogP) is 2.27. The number of alkyl halides is 2. The molecule has 4 unspecified atom stereocenters. The van der Waals surface area contributed by atoms with Crippen molar-refractivity contribution in [2.75, 3.05) is 13.2 Å². The second-order valence-corrected chi connectivity index (χ2v) is 5.85. The Kier molecular flexibility index (Phi) is 14.5. The van der Waals surface area contributed by atoms with Gasteiger partial charge in [-0.05, 0) is 27.2 Å². The molecule has 0 aliphatic heterocycles. The smallest absolute Gasteiger partial charge is 0.394 e. The molecular formula is C10H22Cl2O5P+. The number of ether oxygens (including phenoxy) is 1. The van der Waals surface area contributed by atoms with Crippen molar-refractivity contribution in [2.45, 2.75) is 44.1 Å². The maximum Gasteiger partial charge on any atom is 0.692 e. The van der Waals surface area contributed by atoms with Gasteiger partial charge in [0.25, 0.3) is 0 Å². The van der Waals surface area contributed by atoms with Crippen molar-refractivity contribution in [3.8, 4) is 0 Å². The van der Waals surface area contributed by atoms with Crippen LogP contribution in [0.15, 0.2) is 0 Å². The number of hydrogen-bond acceptors (Lipinski definition) is 3. The zero-order valence-corrected chi connectivity index (χ0v) is 13.2. The van der Waals surface area contributed by atoms with Crippen molar-refractivity contribution in [2.24, 2.45) is 5.92 Å². The van der Waals surface area contributed by atoms with Gasteiger partial charge in [-0.1, -0.05) is 0 Å². The van der Waals surface area contributed by atoms with Gasteiger partial charge in [-0.2, -0.15) is 0 Å². The van der Waals surface area contributed by atoms with E-state index in [1.54, 1.807) is 0 Å². The lowest BCUT2D eigenvalue weighted by atomic mass is 9.94. The van der Waals surface area contributed by atoms with Gasteiger partial charge in [0.2, 0.25) is 0 Å². The van der Waals surface area contributed by atoms with E-state index < -0.39 is 8.25 Å². The molecule has 0 aliphatic carbocycles. The Hall–Kier alpha value is 0.520. The predicted molar refractivity (Wildman–Crippen MR) is 73.3 cm³/mol. The lowest BCUT2D eigenvalue weighted by Crippen LogP contribution is -2.30. The van der Waals surface area contributed by atoms with Crippen LogP contribution in [0.2, 0.25) is 0 Å². The molecule has 0 heterocycles. The van der Waals surface area contributed by atoms with Crippen molar-refractivity contribution < 1.29 is 24.2 Å². The van der Waals surface area contributed by atoms with Crippen LogP contribution in [-0.4, -0.2) is 45.0 Å². The fraction of sp³-hybridized carbons (Fsp3) is 1.00. The van der Waals surface area contributed by atoms with E-state index in [2.05, 4.69) is 0 Å². The third-order valence-corrected chi connectivity index (χ3v) is 2.76. The van der Waals surface area contributed by atoms with E-state index in [1.165, 1.54) is 0 Å². The average molecular weight is 324 g/mol. The van der Waals surface area contributed by atoms with Gasteiger partial charge in [0.15, 0.2) is 0 Å². The largest absolute Gasteiger partial charge is 0.692 e. The molecule has 0 saturated heterocycles. The van der Waals surface area contributed by atoms with Crippen LogP contribution >= 0.6 is 31.5 Å². The van der Waals surface area contributed by atoms with E-state index in [1.807, 2.05) is 20.8 Å². The zero-order valence-electron chi connectivity index (χ0n) is 10.8. The van der Waals surface area contributed by atoms with E-state index >= 15 is 0 Å². The molecule has 5 nitrogen and oxygen atoms in total. The zero-order chi connectivity index (χ0) is 14.7. The Labute approximate surface area is 119 Å². The Morgan fingerprint density at radius 2 is 1.67 bits per heavy atom. The summed E-state index contributed by atoms with van der Waals surface area (Å²) in [5.41, 5.74) is 0. The van der Waals surface area contributed by atoms with Crippen LogP contribution in [0.25, 0.3) is 0 Å². The third-order valence-electron chi connectivity index (χ3n) is 2.26. The van der Waals surface area contributed by atoms with Crippen LogP contribution in [0.4, 0.5) is 0 Å². The second kappa shape index (κ2) is 12.5. The summed E-state index contributed by atoms with van der Waals surface area (Å²) in [6.07, 6.45) is 0.870. The van der Waals surface area contributed by atoms with Crippen LogP contribution in [-0.2, 0) is 9.30 Å². The quantitative estimate of drug-likeness (QED) is 0.494. The van der Waals surface area contributed by atoms with E-state index in [-0.39, 0.29) is 29.4 Å². The standard InChI is InChI=1S/C10H20Cl2O2.HO3P/c1-7(11)6-10(8(2)12)9(3)14-5-4-13;1-4(2)3/h7-10,13H,4-6H2,1-3H3;(H-,1,2,3)/p+1. The van der Waals surface area contributed by atoms with Gasteiger partial charge in [-0.3, -0.25) is 0 Å². The summed E-state index contributed by atoms with van der Waals surface area (Å²) in [6, 6.07) is 0. The molecule has 0 rings (SSSR count). The molecule has 18 heavy (non-hydrogen) atoms. The number of hydrogen-bond donors (Lipinski definition) is 3. The highest BCUT2D eigenvalue weighted by atomic mass is 35.5. The highest BCUT2D eigenvalue weighted by Crippen LogP contribution is 2.24. The van der Waals surface area contributed by atoms with Gasteiger partial charge >= 0.3 is 8.25 Å². The van der Waals surface area contributed by atoms with Crippen LogP contribution in [0.5, 0.6) is 0 Å². The molecule has 0 fully saturated rings. The monoisotopic (exact) mass is 323 g/mol. The van der Waals surface area contributed by atoms with Gasteiger partial charge in [0.05, 0.1) is 19.3 Å². The maximum absolute atomic E-state index is 8.70. The number of aliphatic hydroxyl groups excluding tert-OH is 1. The summed E-state index contributed by atoms with van der Waals surface area (Å²) in [5.74, 6) is 0.232. The lowest BCUT2D eigenvalue weighted by Gasteiger charge is -2.27. The topological polar surface area (TPSA) is 87.0 Å². The molecule has 4 atom stereocenters. The Balaban J connectivity index is 0. The summed E-state index contributed by atoms with van der Waals surface area (Å²) in [6.45, 7) is 6.28. The van der Waals surface area contributed by atoms with Crippen molar-refractivity contribution in [3.05, 3.63) is 0 Å². The molecule has 3 N–H and O–H groups in total. The lowest BCUT2D eigenvalue weighted by molar-refractivity contribution is 0.00345. The first-order chi connectivity index (χ1) is 8.22. The van der Waals surface area contributed by atoms with E-state index in [0.717, 1.165) is 6.42 Å². The van der Waals surface area contributed by atoms with Gasteiger partial charge < -0.3 is 9.84 Å². The Bertz CT molecular complexity index is 212. The van der Waals surface area contributed by atoms with Gasteiger partial charge in [-0.25, -0.2) is 0 Å².